The Morgan fingerprint density at radius 1 is 1.06 bits per heavy atom. The molecule has 3 aromatic rings. The van der Waals surface area contributed by atoms with Crippen LogP contribution in [0.4, 0.5) is 0 Å². The Morgan fingerprint density at radius 2 is 1.71 bits per heavy atom. The van der Waals surface area contributed by atoms with Crippen molar-refractivity contribution in [2.45, 2.75) is 44.9 Å². The van der Waals surface area contributed by atoms with Gasteiger partial charge in [0.05, 0.1) is 6.04 Å². The van der Waals surface area contributed by atoms with E-state index in [0.717, 1.165) is 16.9 Å². The maximum atomic E-state index is 12.5. The summed E-state index contributed by atoms with van der Waals surface area (Å²) in [6.45, 7) is 5.24. The molecular weight excluding hydrogens is 418 g/mol. The second-order valence-electron chi connectivity index (χ2n) is 7.13. The summed E-state index contributed by atoms with van der Waals surface area (Å²) in [7, 11) is -3.92. The molecule has 2 N–H and O–H groups in total. The maximum absolute atomic E-state index is 12.5. The summed E-state index contributed by atoms with van der Waals surface area (Å²) in [6.07, 6.45) is 0. The summed E-state index contributed by atoms with van der Waals surface area (Å²) in [6, 6.07) is 16.2. The van der Waals surface area contributed by atoms with Crippen LogP contribution in [0, 0.1) is 13.8 Å². The first-order valence-electron chi connectivity index (χ1n) is 9.75. The van der Waals surface area contributed by atoms with Gasteiger partial charge in [-0.05, 0) is 44.0 Å². The number of aromatic nitrogens is 1. The van der Waals surface area contributed by atoms with E-state index in [1.165, 1.54) is 20.8 Å². The van der Waals surface area contributed by atoms with Gasteiger partial charge >= 0.3 is 0 Å². The van der Waals surface area contributed by atoms with E-state index >= 15 is 0 Å². The number of nitrogens with zero attached hydrogens (tertiary/aromatic N) is 1. The average Bonchev–Trinajstić information content (AvgIpc) is 3.10. The van der Waals surface area contributed by atoms with Gasteiger partial charge in [-0.2, -0.15) is 4.72 Å². The quantitative estimate of drug-likeness (QED) is 0.526. The van der Waals surface area contributed by atoms with Crippen LogP contribution in [0.1, 0.15) is 29.5 Å². The molecular formula is C22H25N3O5S. The molecule has 8 nitrogen and oxygen atoms in total. The predicted molar refractivity (Wildman–Crippen MR) is 115 cm³/mol. The van der Waals surface area contributed by atoms with Crippen LogP contribution in [-0.4, -0.2) is 25.5 Å². The summed E-state index contributed by atoms with van der Waals surface area (Å²) in [4.78, 5) is 12.3. The fourth-order valence-electron chi connectivity index (χ4n) is 2.98. The molecule has 3 rings (SSSR count). The minimum absolute atomic E-state index is 0.0412. The Bertz CT molecular complexity index is 1110. The molecule has 0 fully saturated rings. The molecule has 1 amide bonds. The maximum Gasteiger partial charge on any atom is 0.246 e. The number of hydrogen-bond donors (Lipinski definition) is 2. The molecule has 0 bridgehead atoms. The van der Waals surface area contributed by atoms with Gasteiger partial charge in [0.15, 0.2) is 5.76 Å². The summed E-state index contributed by atoms with van der Waals surface area (Å²) in [5.41, 5.74) is 2.13. The molecule has 1 heterocycles. The van der Waals surface area contributed by atoms with Gasteiger partial charge in [-0.15, -0.1) is 0 Å². The molecule has 0 aliphatic rings. The Labute approximate surface area is 181 Å². The second kappa shape index (κ2) is 9.76. The molecule has 0 unspecified atom stereocenters. The SMILES string of the molecule is Cc1noc(C)c1S(=O)(=O)N[C@@H](C)C(=O)NCc1ccc(COc2ccccc2)cc1. The first-order chi connectivity index (χ1) is 14.8. The highest BCUT2D eigenvalue weighted by molar-refractivity contribution is 7.89. The Kier molecular flexibility index (Phi) is 7.09. The molecule has 1 atom stereocenters. The highest BCUT2D eigenvalue weighted by atomic mass is 32.2. The summed E-state index contributed by atoms with van der Waals surface area (Å²) < 4.78 is 38.0. The van der Waals surface area contributed by atoms with E-state index in [4.69, 9.17) is 9.26 Å². The zero-order valence-electron chi connectivity index (χ0n) is 17.6. The van der Waals surface area contributed by atoms with E-state index in [1.54, 1.807) is 0 Å². The van der Waals surface area contributed by atoms with Gasteiger partial charge in [0.25, 0.3) is 0 Å². The standard InChI is InChI=1S/C22H25N3O5S/c1-15-21(17(3)30-24-15)31(27,28)25-16(2)22(26)23-13-18-9-11-19(12-10-18)14-29-20-7-5-4-6-8-20/h4-12,16,25H,13-14H2,1-3H3,(H,23,26)/t16-/m0/s1. The monoisotopic (exact) mass is 443 g/mol. The third-order valence-corrected chi connectivity index (χ3v) is 6.38. The van der Waals surface area contributed by atoms with Gasteiger partial charge in [-0.1, -0.05) is 47.6 Å². The minimum atomic E-state index is -3.92. The molecule has 0 spiro atoms. The number of nitrogens with one attached hydrogen (secondary N) is 2. The molecule has 0 aliphatic heterocycles. The van der Waals surface area contributed by atoms with Gasteiger partial charge in [-0.25, -0.2) is 8.42 Å². The number of carbonyl (C=O) groups is 1. The lowest BCUT2D eigenvalue weighted by Crippen LogP contribution is -2.44. The number of sulfonamides is 1. The van der Waals surface area contributed by atoms with E-state index in [-0.39, 0.29) is 22.9 Å². The number of rotatable bonds is 9. The van der Waals surface area contributed by atoms with Crippen LogP contribution < -0.4 is 14.8 Å². The summed E-state index contributed by atoms with van der Waals surface area (Å²) in [5, 5.41) is 6.38. The van der Waals surface area contributed by atoms with Gasteiger partial charge in [0, 0.05) is 6.54 Å². The normalized spacial score (nSPS) is 12.4. The molecule has 0 radical (unpaired) electrons. The lowest BCUT2D eigenvalue weighted by molar-refractivity contribution is -0.122. The van der Waals surface area contributed by atoms with Crippen molar-refractivity contribution in [3.63, 3.8) is 0 Å². The van der Waals surface area contributed by atoms with E-state index in [1.807, 2.05) is 54.6 Å². The molecule has 1 aromatic heterocycles. The zero-order valence-corrected chi connectivity index (χ0v) is 18.4. The first kappa shape index (κ1) is 22.5. The highest BCUT2D eigenvalue weighted by Gasteiger charge is 2.28. The van der Waals surface area contributed by atoms with Gasteiger partial charge in [-0.3, -0.25) is 4.79 Å². The van der Waals surface area contributed by atoms with Crippen molar-refractivity contribution in [1.82, 2.24) is 15.2 Å². The van der Waals surface area contributed by atoms with Crippen molar-refractivity contribution in [2.75, 3.05) is 0 Å². The fraction of sp³-hybridized carbons (Fsp3) is 0.273. The van der Waals surface area contributed by atoms with Gasteiger partial charge in [0.2, 0.25) is 15.9 Å². The van der Waals surface area contributed by atoms with Crippen LogP contribution in [0.2, 0.25) is 0 Å². The second-order valence-corrected chi connectivity index (χ2v) is 8.78. The van der Waals surface area contributed by atoms with Crippen LogP contribution in [0.3, 0.4) is 0 Å². The average molecular weight is 444 g/mol. The molecule has 0 saturated heterocycles. The van der Waals surface area contributed by atoms with Crippen molar-refractivity contribution in [1.29, 1.82) is 0 Å². The fourth-order valence-corrected chi connectivity index (χ4v) is 4.51. The Morgan fingerprint density at radius 3 is 2.32 bits per heavy atom. The number of aryl methyl sites for hydroxylation is 2. The van der Waals surface area contributed by atoms with E-state index in [9.17, 15) is 13.2 Å². The summed E-state index contributed by atoms with van der Waals surface area (Å²) in [5.74, 6) is 0.535. The number of hydrogen-bond acceptors (Lipinski definition) is 6. The van der Waals surface area contributed by atoms with Crippen LogP contribution in [-0.2, 0) is 28.0 Å². The Balaban J connectivity index is 1.50. The molecule has 9 heteroatoms. The lowest BCUT2D eigenvalue weighted by atomic mass is 10.1. The van der Waals surface area contributed by atoms with Crippen molar-refractivity contribution in [3.8, 4) is 5.75 Å². The number of amides is 1. The van der Waals surface area contributed by atoms with Crippen LogP contribution in [0.15, 0.2) is 64.0 Å². The number of carbonyl (C=O) groups excluding carboxylic acids is 1. The number of benzene rings is 2. The molecule has 164 valence electrons. The largest absolute Gasteiger partial charge is 0.489 e. The smallest absolute Gasteiger partial charge is 0.246 e. The Hall–Kier alpha value is -3.17. The van der Waals surface area contributed by atoms with E-state index in [0.29, 0.717) is 6.61 Å². The summed E-state index contributed by atoms with van der Waals surface area (Å²) >= 11 is 0. The zero-order chi connectivity index (χ0) is 22.4. The highest BCUT2D eigenvalue weighted by Crippen LogP contribution is 2.19. The molecule has 0 aliphatic carbocycles. The van der Waals surface area contributed by atoms with Crippen molar-refractivity contribution in [2.24, 2.45) is 0 Å². The first-order valence-corrected chi connectivity index (χ1v) is 11.2. The van der Waals surface area contributed by atoms with Crippen molar-refractivity contribution >= 4 is 15.9 Å². The van der Waals surface area contributed by atoms with Crippen molar-refractivity contribution in [3.05, 3.63) is 77.2 Å². The van der Waals surface area contributed by atoms with E-state index in [2.05, 4.69) is 15.2 Å². The van der Waals surface area contributed by atoms with Crippen LogP contribution >= 0.6 is 0 Å². The third-order valence-electron chi connectivity index (χ3n) is 4.60. The third kappa shape index (κ3) is 5.93. The minimum Gasteiger partial charge on any atom is -0.489 e. The molecule has 0 saturated carbocycles. The molecule has 31 heavy (non-hydrogen) atoms. The van der Waals surface area contributed by atoms with Gasteiger partial charge in [0.1, 0.15) is 22.9 Å². The van der Waals surface area contributed by atoms with Gasteiger partial charge < -0.3 is 14.6 Å². The number of para-hydroxylation sites is 1. The topological polar surface area (TPSA) is 111 Å². The van der Waals surface area contributed by atoms with E-state index < -0.39 is 22.0 Å². The lowest BCUT2D eigenvalue weighted by Gasteiger charge is -2.14. The number of ether oxygens (including phenoxy) is 1. The predicted octanol–water partition coefficient (Wildman–Crippen LogP) is 2.85. The molecule has 2 aromatic carbocycles. The van der Waals surface area contributed by atoms with Crippen molar-refractivity contribution < 1.29 is 22.5 Å². The van der Waals surface area contributed by atoms with Crippen LogP contribution in [0.5, 0.6) is 5.75 Å². The van der Waals surface area contributed by atoms with Crippen LogP contribution in [0.25, 0.3) is 0 Å².